The topological polar surface area (TPSA) is 56.1 Å². The van der Waals surface area contributed by atoms with Gasteiger partial charge >= 0.3 is 0 Å². The Labute approximate surface area is 177 Å². The van der Waals surface area contributed by atoms with Crippen molar-refractivity contribution in [2.24, 2.45) is 0 Å². The van der Waals surface area contributed by atoms with Crippen molar-refractivity contribution in [3.05, 3.63) is 64.7 Å². The molecule has 1 saturated heterocycles. The molecule has 1 aliphatic carbocycles. The highest BCUT2D eigenvalue weighted by molar-refractivity contribution is 6.30. The third kappa shape index (κ3) is 4.11. The molecular weight excluding hydrogens is 382 g/mol. The fourth-order valence-corrected chi connectivity index (χ4v) is 4.87. The zero-order valence-electron chi connectivity index (χ0n) is 16.5. The minimum atomic E-state index is -0.408. The van der Waals surface area contributed by atoms with E-state index in [0.29, 0.717) is 10.6 Å². The number of benzene rings is 2. The Hall–Kier alpha value is -2.51. The number of nitriles is 1. The first-order chi connectivity index (χ1) is 14.1. The van der Waals surface area contributed by atoms with Crippen LogP contribution in [-0.2, 0) is 10.2 Å². The van der Waals surface area contributed by atoms with E-state index in [1.165, 1.54) is 0 Å². The van der Waals surface area contributed by atoms with Gasteiger partial charge in [0, 0.05) is 29.8 Å². The lowest BCUT2D eigenvalue weighted by Gasteiger charge is -2.36. The van der Waals surface area contributed by atoms with Crippen LogP contribution in [0, 0.1) is 11.3 Å². The van der Waals surface area contributed by atoms with Gasteiger partial charge in [-0.25, -0.2) is 0 Å². The zero-order valence-corrected chi connectivity index (χ0v) is 17.3. The SMILES string of the molecule is N#Cc1ccc(N2CCC(NC(=O)C3(c4ccc(Cl)cc4)CCCC3)CC2)cc1. The Kier molecular flexibility index (Phi) is 5.78. The molecule has 2 aromatic rings. The molecule has 4 nitrogen and oxygen atoms in total. The van der Waals surface area contributed by atoms with Crippen LogP contribution >= 0.6 is 11.6 Å². The van der Waals surface area contributed by atoms with Crippen LogP contribution in [0.25, 0.3) is 0 Å². The third-order valence-corrected chi connectivity index (χ3v) is 6.73. The van der Waals surface area contributed by atoms with Crippen LogP contribution < -0.4 is 10.2 Å². The Morgan fingerprint density at radius 3 is 2.24 bits per heavy atom. The van der Waals surface area contributed by atoms with Gasteiger partial charge in [0.1, 0.15) is 0 Å². The second-order valence-corrected chi connectivity index (χ2v) is 8.63. The molecule has 1 N–H and O–H groups in total. The maximum absolute atomic E-state index is 13.4. The second-order valence-electron chi connectivity index (χ2n) is 8.19. The summed E-state index contributed by atoms with van der Waals surface area (Å²) in [6.45, 7) is 1.82. The van der Waals surface area contributed by atoms with Crippen LogP contribution in [-0.4, -0.2) is 25.0 Å². The molecule has 1 amide bonds. The summed E-state index contributed by atoms with van der Waals surface area (Å²) in [5.41, 5.74) is 2.50. The predicted octanol–water partition coefficient (Wildman–Crippen LogP) is 4.81. The molecule has 150 valence electrons. The zero-order chi connectivity index (χ0) is 20.3. The summed E-state index contributed by atoms with van der Waals surface area (Å²) >= 11 is 6.06. The average molecular weight is 408 g/mol. The summed E-state index contributed by atoms with van der Waals surface area (Å²) in [7, 11) is 0. The molecule has 1 saturated carbocycles. The summed E-state index contributed by atoms with van der Waals surface area (Å²) in [5.74, 6) is 0.175. The van der Waals surface area contributed by atoms with E-state index in [9.17, 15) is 4.79 Å². The van der Waals surface area contributed by atoms with Crippen molar-refractivity contribution in [2.45, 2.75) is 50.0 Å². The van der Waals surface area contributed by atoms with Gasteiger partial charge in [-0.2, -0.15) is 5.26 Å². The normalized spacial score (nSPS) is 19.0. The highest BCUT2D eigenvalue weighted by Gasteiger charge is 2.43. The summed E-state index contributed by atoms with van der Waals surface area (Å²) in [5, 5.41) is 13.0. The molecule has 0 radical (unpaired) electrons. The Morgan fingerprint density at radius 2 is 1.66 bits per heavy atom. The van der Waals surface area contributed by atoms with Gasteiger partial charge in [-0.15, -0.1) is 0 Å². The van der Waals surface area contributed by atoms with Crippen LogP contribution in [0.3, 0.4) is 0 Å². The van der Waals surface area contributed by atoms with Gasteiger partial charge in [-0.3, -0.25) is 4.79 Å². The fourth-order valence-electron chi connectivity index (χ4n) is 4.75. The summed E-state index contributed by atoms with van der Waals surface area (Å²) in [4.78, 5) is 15.7. The highest BCUT2D eigenvalue weighted by Crippen LogP contribution is 2.42. The molecule has 2 aliphatic rings. The monoisotopic (exact) mass is 407 g/mol. The molecule has 0 aromatic heterocycles. The number of nitrogens with zero attached hydrogens (tertiary/aromatic N) is 2. The summed E-state index contributed by atoms with van der Waals surface area (Å²) in [6.07, 6.45) is 5.86. The molecule has 0 bridgehead atoms. The largest absolute Gasteiger partial charge is 0.371 e. The molecule has 1 heterocycles. The van der Waals surface area contributed by atoms with Crippen LogP contribution in [0.1, 0.15) is 49.7 Å². The highest BCUT2D eigenvalue weighted by atomic mass is 35.5. The minimum Gasteiger partial charge on any atom is -0.371 e. The first-order valence-corrected chi connectivity index (χ1v) is 10.8. The van der Waals surface area contributed by atoms with Gasteiger partial charge in [0.25, 0.3) is 0 Å². The van der Waals surface area contributed by atoms with Crippen molar-refractivity contribution in [2.75, 3.05) is 18.0 Å². The van der Waals surface area contributed by atoms with E-state index < -0.39 is 5.41 Å². The Balaban J connectivity index is 1.39. The molecule has 5 heteroatoms. The van der Waals surface area contributed by atoms with Crippen molar-refractivity contribution < 1.29 is 4.79 Å². The van der Waals surface area contributed by atoms with E-state index in [2.05, 4.69) is 16.3 Å². The van der Waals surface area contributed by atoms with Crippen molar-refractivity contribution >= 4 is 23.2 Å². The van der Waals surface area contributed by atoms with E-state index >= 15 is 0 Å². The molecule has 29 heavy (non-hydrogen) atoms. The number of carbonyl (C=O) groups excluding carboxylic acids is 1. The molecule has 2 fully saturated rings. The predicted molar refractivity (Wildman–Crippen MR) is 116 cm³/mol. The van der Waals surface area contributed by atoms with Crippen LogP contribution in [0.4, 0.5) is 5.69 Å². The van der Waals surface area contributed by atoms with Gasteiger partial charge in [0.2, 0.25) is 5.91 Å². The number of piperidine rings is 1. The van der Waals surface area contributed by atoms with Crippen LogP contribution in [0.2, 0.25) is 5.02 Å². The number of anilines is 1. The lowest BCUT2D eigenvalue weighted by atomic mass is 9.77. The number of amides is 1. The number of halogens is 1. The van der Waals surface area contributed by atoms with Gasteiger partial charge in [-0.05, 0) is 67.6 Å². The summed E-state index contributed by atoms with van der Waals surface area (Å²) in [6, 6.07) is 17.9. The van der Waals surface area contributed by atoms with E-state index in [4.69, 9.17) is 16.9 Å². The molecule has 4 rings (SSSR count). The number of rotatable bonds is 4. The van der Waals surface area contributed by atoms with Crippen LogP contribution in [0.15, 0.2) is 48.5 Å². The van der Waals surface area contributed by atoms with E-state index in [0.717, 1.165) is 62.9 Å². The van der Waals surface area contributed by atoms with Crippen molar-refractivity contribution in [3.8, 4) is 6.07 Å². The van der Waals surface area contributed by atoms with Crippen molar-refractivity contribution in [1.82, 2.24) is 5.32 Å². The minimum absolute atomic E-state index is 0.175. The van der Waals surface area contributed by atoms with E-state index in [-0.39, 0.29) is 11.9 Å². The van der Waals surface area contributed by atoms with Crippen LogP contribution in [0.5, 0.6) is 0 Å². The molecule has 1 aliphatic heterocycles. The van der Waals surface area contributed by atoms with Gasteiger partial charge in [-0.1, -0.05) is 36.6 Å². The fraction of sp³-hybridized carbons (Fsp3) is 0.417. The van der Waals surface area contributed by atoms with E-state index in [1.54, 1.807) is 0 Å². The number of hydrogen-bond acceptors (Lipinski definition) is 3. The van der Waals surface area contributed by atoms with E-state index in [1.807, 2.05) is 48.5 Å². The smallest absolute Gasteiger partial charge is 0.230 e. The first-order valence-electron chi connectivity index (χ1n) is 10.4. The summed E-state index contributed by atoms with van der Waals surface area (Å²) < 4.78 is 0. The quantitative estimate of drug-likeness (QED) is 0.791. The molecular formula is C24H26ClN3O. The Bertz CT molecular complexity index is 887. The van der Waals surface area contributed by atoms with Gasteiger partial charge in [0.15, 0.2) is 0 Å². The number of nitrogens with one attached hydrogen (secondary N) is 1. The van der Waals surface area contributed by atoms with Gasteiger partial charge < -0.3 is 10.2 Å². The maximum atomic E-state index is 13.4. The first kappa shape index (κ1) is 19.8. The maximum Gasteiger partial charge on any atom is 0.230 e. The van der Waals surface area contributed by atoms with Crippen molar-refractivity contribution in [1.29, 1.82) is 5.26 Å². The lowest BCUT2D eigenvalue weighted by Crippen LogP contribution is -2.50. The van der Waals surface area contributed by atoms with Crippen molar-refractivity contribution in [3.63, 3.8) is 0 Å². The standard InChI is InChI=1S/C24H26ClN3O/c25-20-7-5-19(6-8-20)24(13-1-2-14-24)23(29)27-21-11-15-28(16-12-21)22-9-3-18(17-26)4-10-22/h3-10,21H,1-2,11-16H2,(H,27,29). The molecule has 0 unspecified atom stereocenters. The average Bonchev–Trinajstić information content (AvgIpc) is 3.26. The van der Waals surface area contributed by atoms with Gasteiger partial charge in [0.05, 0.1) is 17.0 Å². The molecule has 0 spiro atoms. The molecule has 2 aromatic carbocycles. The molecule has 0 atom stereocenters. The second kappa shape index (κ2) is 8.47. The lowest BCUT2D eigenvalue weighted by molar-refractivity contribution is -0.127. The Morgan fingerprint density at radius 1 is 1.03 bits per heavy atom. The third-order valence-electron chi connectivity index (χ3n) is 6.48. The number of hydrogen-bond donors (Lipinski definition) is 1. The number of carbonyl (C=O) groups is 1.